The van der Waals surface area contributed by atoms with E-state index in [-0.39, 0.29) is 6.03 Å². The van der Waals surface area contributed by atoms with Crippen molar-refractivity contribution >= 4 is 18.0 Å². The van der Waals surface area contributed by atoms with Crippen molar-refractivity contribution in [2.45, 2.75) is 32.2 Å². The van der Waals surface area contributed by atoms with E-state index in [1.165, 1.54) is 12.2 Å². The van der Waals surface area contributed by atoms with Gasteiger partial charge in [-0.15, -0.1) is 0 Å². The average molecular weight is 231 g/mol. The Labute approximate surface area is 96.3 Å². The molecule has 88 valence electrons. The Balaban J connectivity index is 2.26. The highest BCUT2D eigenvalue weighted by Gasteiger charge is 2.23. The van der Waals surface area contributed by atoms with Crippen LogP contribution in [0.3, 0.4) is 0 Å². The van der Waals surface area contributed by atoms with Gasteiger partial charge in [0.05, 0.1) is 0 Å². The van der Waals surface area contributed by atoms with E-state index >= 15 is 0 Å². The lowest BCUT2D eigenvalue weighted by Gasteiger charge is -2.35. The van der Waals surface area contributed by atoms with E-state index in [4.69, 9.17) is 5.73 Å². The maximum Gasteiger partial charge on any atom is 0.314 e. The van der Waals surface area contributed by atoms with Gasteiger partial charge in [-0.1, -0.05) is 18.9 Å². The summed E-state index contributed by atoms with van der Waals surface area (Å²) in [4.78, 5) is 12.6. The molecule has 1 heterocycles. The fourth-order valence-electron chi connectivity index (χ4n) is 1.76. The van der Waals surface area contributed by atoms with E-state index in [1.54, 1.807) is 11.9 Å². The minimum atomic E-state index is -0.310. The van der Waals surface area contributed by atoms with Gasteiger partial charge in [-0.3, -0.25) is 4.31 Å². The van der Waals surface area contributed by atoms with Gasteiger partial charge in [-0.2, -0.15) is 0 Å². The lowest BCUT2D eigenvalue weighted by Crippen LogP contribution is -2.46. The number of hydrogen-bond donors (Lipinski definition) is 1. The van der Waals surface area contributed by atoms with Gasteiger partial charge < -0.3 is 10.6 Å². The number of piperidine rings is 1. The fourth-order valence-corrected chi connectivity index (χ4v) is 2.67. The molecule has 1 saturated heterocycles. The monoisotopic (exact) mass is 231 g/mol. The molecule has 0 saturated carbocycles. The Morgan fingerprint density at radius 2 is 2.13 bits per heavy atom. The lowest BCUT2D eigenvalue weighted by molar-refractivity contribution is 0.173. The summed E-state index contributed by atoms with van der Waals surface area (Å²) in [7, 11) is 1.79. The molecular weight excluding hydrogens is 210 g/mol. The van der Waals surface area contributed by atoms with E-state index < -0.39 is 0 Å². The summed E-state index contributed by atoms with van der Waals surface area (Å²) in [5.41, 5.74) is 5.25. The molecule has 0 radical (unpaired) electrons. The molecule has 1 aliphatic heterocycles. The summed E-state index contributed by atoms with van der Waals surface area (Å²) in [6.45, 7) is 4.32. The minimum absolute atomic E-state index is 0.310. The Kier molecular flexibility index (Phi) is 5.25. The van der Waals surface area contributed by atoms with Gasteiger partial charge in [-0.25, -0.2) is 4.79 Å². The molecule has 15 heavy (non-hydrogen) atoms. The summed E-state index contributed by atoms with van der Waals surface area (Å²) < 4.78 is 2.40. The molecule has 0 aromatic carbocycles. The third-order valence-electron chi connectivity index (χ3n) is 2.80. The van der Waals surface area contributed by atoms with Crippen molar-refractivity contribution in [2.75, 3.05) is 25.9 Å². The number of carbonyl (C=O) groups excluding carboxylic acids is 1. The first-order valence-corrected chi connectivity index (χ1v) is 6.49. The average Bonchev–Trinajstić information content (AvgIpc) is 2.26. The lowest BCUT2D eigenvalue weighted by atomic mass is 10.1. The number of rotatable bonds is 4. The molecule has 2 amide bonds. The van der Waals surface area contributed by atoms with Crippen molar-refractivity contribution in [3.63, 3.8) is 0 Å². The van der Waals surface area contributed by atoms with Crippen molar-refractivity contribution in [1.29, 1.82) is 0 Å². The number of primary amides is 1. The predicted octanol–water partition coefficient (Wildman–Crippen LogP) is 1.52. The van der Waals surface area contributed by atoms with Gasteiger partial charge in [0.2, 0.25) is 0 Å². The van der Waals surface area contributed by atoms with Crippen LogP contribution in [0, 0.1) is 0 Å². The molecule has 4 nitrogen and oxygen atoms in total. The molecule has 2 N–H and O–H groups in total. The maximum absolute atomic E-state index is 11.0. The first-order valence-electron chi connectivity index (χ1n) is 5.55. The third kappa shape index (κ3) is 3.91. The zero-order valence-electron chi connectivity index (χ0n) is 9.61. The highest BCUT2D eigenvalue weighted by atomic mass is 32.2. The van der Waals surface area contributed by atoms with Gasteiger partial charge in [0.1, 0.15) is 0 Å². The standard InChI is InChI=1S/C10H21N3OS/c1-3-8-15-13-6-4-9(5-7-13)12(2)10(11)14/h9H,3-8H2,1-2H3,(H2,11,14). The van der Waals surface area contributed by atoms with Crippen LogP contribution >= 0.6 is 11.9 Å². The molecule has 0 atom stereocenters. The molecule has 0 aliphatic carbocycles. The Hall–Kier alpha value is -0.420. The Morgan fingerprint density at radius 3 is 2.60 bits per heavy atom. The Morgan fingerprint density at radius 1 is 1.53 bits per heavy atom. The fraction of sp³-hybridized carbons (Fsp3) is 0.900. The number of amides is 2. The van der Waals surface area contributed by atoms with E-state index in [9.17, 15) is 4.79 Å². The van der Waals surface area contributed by atoms with Gasteiger partial charge in [0.15, 0.2) is 0 Å². The molecule has 0 aromatic rings. The van der Waals surface area contributed by atoms with Gasteiger partial charge in [0.25, 0.3) is 0 Å². The van der Waals surface area contributed by atoms with E-state index in [0.29, 0.717) is 6.04 Å². The zero-order chi connectivity index (χ0) is 11.3. The highest BCUT2D eigenvalue weighted by Crippen LogP contribution is 2.21. The normalized spacial score (nSPS) is 19.1. The van der Waals surface area contributed by atoms with Crippen LogP contribution in [0.15, 0.2) is 0 Å². The summed E-state index contributed by atoms with van der Waals surface area (Å²) >= 11 is 1.92. The second kappa shape index (κ2) is 6.23. The molecule has 0 spiro atoms. The van der Waals surface area contributed by atoms with Gasteiger partial charge in [-0.05, 0) is 19.3 Å². The van der Waals surface area contributed by atoms with Crippen LogP contribution in [-0.4, -0.2) is 47.2 Å². The zero-order valence-corrected chi connectivity index (χ0v) is 10.4. The van der Waals surface area contributed by atoms with Crippen LogP contribution in [0.1, 0.15) is 26.2 Å². The molecule has 5 heteroatoms. The Bertz CT molecular complexity index is 205. The molecule has 1 fully saturated rings. The molecule has 0 unspecified atom stereocenters. The van der Waals surface area contributed by atoms with E-state index in [0.717, 1.165) is 25.9 Å². The first kappa shape index (κ1) is 12.6. The number of nitrogens with two attached hydrogens (primary N) is 1. The van der Waals surface area contributed by atoms with Crippen molar-refractivity contribution in [1.82, 2.24) is 9.21 Å². The topological polar surface area (TPSA) is 49.6 Å². The van der Waals surface area contributed by atoms with Crippen LogP contribution in [-0.2, 0) is 0 Å². The minimum Gasteiger partial charge on any atom is -0.351 e. The van der Waals surface area contributed by atoms with Crippen LogP contribution in [0.25, 0.3) is 0 Å². The van der Waals surface area contributed by atoms with Crippen LogP contribution in [0.5, 0.6) is 0 Å². The van der Waals surface area contributed by atoms with Crippen molar-refractivity contribution in [2.24, 2.45) is 5.73 Å². The second-order valence-corrected chi connectivity index (χ2v) is 5.13. The quantitative estimate of drug-likeness (QED) is 0.746. The summed E-state index contributed by atoms with van der Waals surface area (Å²) in [6.07, 6.45) is 3.29. The van der Waals surface area contributed by atoms with E-state index in [2.05, 4.69) is 11.2 Å². The summed E-state index contributed by atoms with van der Waals surface area (Å²) in [5.74, 6) is 1.19. The van der Waals surface area contributed by atoms with Crippen molar-refractivity contribution in [3.8, 4) is 0 Å². The largest absolute Gasteiger partial charge is 0.351 e. The number of hydrogen-bond acceptors (Lipinski definition) is 3. The molecule has 0 aromatic heterocycles. The van der Waals surface area contributed by atoms with Crippen LogP contribution < -0.4 is 5.73 Å². The van der Waals surface area contributed by atoms with Crippen molar-refractivity contribution in [3.05, 3.63) is 0 Å². The molecular formula is C10H21N3OS. The third-order valence-corrected chi connectivity index (χ3v) is 4.12. The molecule has 0 bridgehead atoms. The predicted molar refractivity (Wildman–Crippen MR) is 64.7 cm³/mol. The SMILES string of the molecule is CCCSN1CCC(N(C)C(N)=O)CC1. The second-order valence-electron chi connectivity index (χ2n) is 3.94. The van der Waals surface area contributed by atoms with Crippen LogP contribution in [0.4, 0.5) is 4.79 Å². The first-order chi connectivity index (χ1) is 7.15. The smallest absolute Gasteiger partial charge is 0.314 e. The van der Waals surface area contributed by atoms with Gasteiger partial charge in [0, 0.05) is 31.9 Å². The number of nitrogens with zero attached hydrogens (tertiary/aromatic N) is 2. The molecule has 1 aliphatic rings. The highest BCUT2D eigenvalue weighted by molar-refractivity contribution is 7.97. The number of carbonyl (C=O) groups is 1. The maximum atomic E-state index is 11.0. The summed E-state index contributed by atoms with van der Waals surface area (Å²) in [6, 6.07) is 0.0237. The van der Waals surface area contributed by atoms with Crippen molar-refractivity contribution < 1.29 is 4.79 Å². The van der Waals surface area contributed by atoms with Crippen LogP contribution in [0.2, 0.25) is 0 Å². The van der Waals surface area contributed by atoms with Gasteiger partial charge >= 0.3 is 6.03 Å². The summed E-state index contributed by atoms with van der Waals surface area (Å²) in [5, 5.41) is 0. The molecule has 1 rings (SSSR count). The van der Waals surface area contributed by atoms with E-state index in [1.807, 2.05) is 11.9 Å². The number of urea groups is 1.